The average molecular weight is 396 g/mol. The highest BCUT2D eigenvalue weighted by molar-refractivity contribution is 6.35. The molecule has 3 rings (SSSR count). The molecule has 1 N–H and O–H groups in total. The molecular weight excluding hydrogens is 377 g/mol. The lowest BCUT2D eigenvalue weighted by Gasteiger charge is -2.34. The molecule has 1 aromatic carbocycles. The quantitative estimate of drug-likeness (QED) is 0.848. The number of rotatable bonds is 4. The third kappa shape index (κ3) is 4.47. The third-order valence-electron chi connectivity index (χ3n) is 3.97. The number of carbonyl (C=O) groups is 1. The van der Waals surface area contributed by atoms with E-state index in [0.29, 0.717) is 54.3 Å². The summed E-state index contributed by atoms with van der Waals surface area (Å²) in [6.45, 7) is 4.71. The minimum absolute atomic E-state index is 0.271. The third-order valence-corrected chi connectivity index (χ3v) is 4.54. The van der Waals surface area contributed by atoms with Crippen LogP contribution < -0.4 is 10.2 Å². The second-order valence-corrected chi connectivity index (χ2v) is 6.53. The molecule has 0 atom stereocenters. The van der Waals surface area contributed by atoms with Crippen molar-refractivity contribution in [3.8, 4) is 0 Å². The van der Waals surface area contributed by atoms with Crippen molar-refractivity contribution in [3.05, 3.63) is 40.6 Å². The summed E-state index contributed by atoms with van der Waals surface area (Å²) in [5.41, 5.74) is 0.677. The second-order valence-electron chi connectivity index (χ2n) is 5.68. The van der Waals surface area contributed by atoms with E-state index in [0.717, 1.165) is 5.82 Å². The van der Waals surface area contributed by atoms with Gasteiger partial charge in [-0.05, 0) is 25.1 Å². The number of anilines is 3. The Morgan fingerprint density at radius 1 is 1.19 bits per heavy atom. The van der Waals surface area contributed by atoms with E-state index in [4.69, 9.17) is 27.9 Å². The van der Waals surface area contributed by atoms with E-state index in [1.165, 1.54) is 6.33 Å². The van der Waals surface area contributed by atoms with Crippen LogP contribution in [0.2, 0.25) is 10.0 Å². The molecule has 1 aromatic heterocycles. The molecule has 0 spiro atoms. The van der Waals surface area contributed by atoms with E-state index < -0.39 is 0 Å². The van der Waals surface area contributed by atoms with Gasteiger partial charge in [-0.1, -0.05) is 23.2 Å². The fraction of sp³-hybridized carbons (Fsp3) is 0.353. The van der Waals surface area contributed by atoms with Crippen molar-refractivity contribution < 1.29 is 9.53 Å². The minimum atomic E-state index is -0.271. The van der Waals surface area contributed by atoms with Gasteiger partial charge in [0, 0.05) is 37.3 Å². The molecule has 26 heavy (non-hydrogen) atoms. The smallest absolute Gasteiger partial charge is 0.409 e. The van der Waals surface area contributed by atoms with E-state index in [1.807, 2.05) is 6.07 Å². The van der Waals surface area contributed by atoms with E-state index in [9.17, 15) is 4.79 Å². The Balaban J connectivity index is 1.66. The number of benzene rings is 1. The summed E-state index contributed by atoms with van der Waals surface area (Å²) in [5, 5.41) is 4.30. The Bertz CT molecular complexity index is 781. The fourth-order valence-electron chi connectivity index (χ4n) is 2.65. The normalized spacial score (nSPS) is 14.3. The summed E-state index contributed by atoms with van der Waals surface area (Å²) < 4.78 is 5.04. The fourth-order valence-corrected chi connectivity index (χ4v) is 2.99. The van der Waals surface area contributed by atoms with Crippen LogP contribution >= 0.6 is 23.2 Å². The lowest BCUT2D eigenvalue weighted by molar-refractivity contribution is 0.105. The Hall–Kier alpha value is -2.25. The van der Waals surface area contributed by atoms with Crippen molar-refractivity contribution in [2.45, 2.75) is 6.92 Å². The molecule has 2 aromatic rings. The van der Waals surface area contributed by atoms with Crippen molar-refractivity contribution in [1.29, 1.82) is 0 Å². The van der Waals surface area contributed by atoms with Crippen LogP contribution in [-0.4, -0.2) is 53.7 Å². The molecule has 1 fully saturated rings. The second kappa shape index (κ2) is 8.42. The van der Waals surface area contributed by atoms with Crippen LogP contribution in [0.15, 0.2) is 30.6 Å². The highest BCUT2D eigenvalue weighted by Crippen LogP contribution is 2.28. The summed E-state index contributed by atoms with van der Waals surface area (Å²) in [4.78, 5) is 24.1. The number of hydrogen-bond acceptors (Lipinski definition) is 6. The van der Waals surface area contributed by atoms with Crippen LogP contribution in [0.5, 0.6) is 0 Å². The molecule has 0 saturated carbocycles. The maximum Gasteiger partial charge on any atom is 0.409 e. The van der Waals surface area contributed by atoms with Crippen molar-refractivity contribution in [2.75, 3.05) is 43.0 Å². The number of nitrogens with zero attached hydrogens (tertiary/aromatic N) is 4. The van der Waals surface area contributed by atoms with E-state index in [1.54, 1.807) is 30.0 Å². The molecule has 7 nitrogen and oxygen atoms in total. The van der Waals surface area contributed by atoms with Crippen LogP contribution in [0.4, 0.5) is 22.1 Å². The van der Waals surface area contributed by atoms with Gasteiger partial charge in [-0.3, -0.25) is 0 Å². The number of aromatic nitrogens is 2. The van der Waals surface area contributed by atoms with Gasteiger partial charge in [0.25, 0.3) is 0 Å². The molecule has 1 aliphatic rings. The minimum Gasteiger partial charge on any atom is -0.450 e. The van der Waals surface area contributed by atoms with Crippen LogP contribution in [0.25, 0.3) is 0 Å². The Morgan fingerprint density at radius 2 is 1.96 bits per heavy atom. The van der Waals surface area contributed by atoms with Gasteiger partial charge in [0.2, 0.25) is 0 Å². The first-order chi connectivity index (χ1) is 12.6. The number of amides is 1. The molecule has 0 aliphatic carbocycles. The standard InChI is InChI=1S/C17H19Cl2N5O2/c1-2-26-17(25)24-7-5-23(6-8-24)16-10-15(20-11-21-16)22-14-9-12(18)3-4-13(14)19/h3-4,9-11H,2,5-8H2,1H3,(H,20,21,22). The Labute approximate surface area is 161 Å². The molecule has 2 heterocycles. The molecule has 0 radical (unpaired) electrons. The van der Waals surface area contributed by atoms with Gasteiger partial charge in [0.1, 0.15) is 18.0 Å². The van der Waals surface area contributed by atoms with Crippen LogP contribution in [0.3, 0.4) is 0 Å². The van der Waals surface area contributed by atoms with Crippen LogP contribution in [0, 0.1) is 0 Å². The van der Waals surface area contributed by atoms with E-state index in [-0.39, 0.29) is 6.09 Å². The van der Waals surface area contributed by atoms with Crippen molar-refractivity contribution >= 4 is 46.6 Å². The number of halogens is 2. The van der Waals surface area contributed by atoms with Crippen molar-refractivity contribution in [1.82, 2.24) is 14.9 Å². The van der Waals surface area contributed by atoms with Crippen LogP contribution in [-0.2, 0) is 4.74 Å². The predicted octanol–water partition coefficient (Wildman–Crippen LogP) is 3.81. The summed E-state index contributed by atoms with van der Waals surface area (Å²) >= 11 is 12.2. The van der Waals surface area contributed by atoms with Gasteiger partial charge >= 0.3 is 6.09 Å². The maximum absolute atomic E-state index is 11.8. The molecule has 0 bridgehead atoms. The Morgan fingerprint density at radius 3 is 2.69 bits per heavy atom. The number of piperazine rings is 1. The summed E-state index contributed by atoms with van der Waals surface area (Å²) in [5.74, 6) is 1.40. The molecular formula is C17H19Cl2N5O2. The summed E-state index contributed by atoms with van der Waals surface area (Å²) in [6, 6.07) is 7.04. The lowest BCUT2D eigenvalue weighted by Crippen LogP contribution is -2.49. The zero-order valence-corrected chi connectivity index (χ0v) is 15.8. The van der Waals surface area contributed by atoms with Crippen molar-refractivity contribution in [3.63, 3.8) is 0 Å². The largest absolute Gasteiger partial charge is 0.450 e. The summed E-state index contributed by atoms with van der Waals surface area (Å²) in [7, 11) is 0. The van der Waals surface area contributed by atoms with Crippen LogP contribution in [0.1, 0.15) is 6.92 Å². The van der Waals surface area contributed by atoms with Gasteiger partial charge in [0.15, 0.2) is 0 Å². The van der Waals surface area contributed by atoms with E-state index in [2.05, 4.69) is 20.2 Å². The molecule has 1 amide bonds. The van der Waals surface area contributed by atoms with Gasteiger partial charge in [-0.25, -0.2) is 14.8 Å². The van der Waals surface area contributed by atoms with Gasteiger partial charge in [-0.2, -0.15) is 0 Å². The molecule has 138 valence electrons. The number of carbonyl (C=O) groups excluding carboxylic acids is 1. The SMILES string of the molecule is CCOC(=O)N1CCN(c2cc(Nc3cc(Cl)ccc3Cl)ncn2)CC1. The zero-order chi connectivity index (χ0) is 18.5. The first kappa shape index (κ1) is 18.5. The van der Waals surface area contributed by atoms with Gasteiger partial charge < -0.3 is 19.9 Å². The monoisotopic (exact) mass is 395 g/mol. The predicted molar refractivity (Wildman–Crippen MR) is 103 cm³/mol. The first-order valence-electron chi connectivity index (χ1n) is 8.27. The highest BCUT2D eigenvalue weighted by atomic mass is 35.5. The van der Waals surface area contributed by atoms with Gasteiger partial charge in [-0.15, -0.1) is 0 Å². The topological polar surface area (TPSA) is 70.6 Å². The number of hydrogen-bond donors (Lipinski definition) is 1. The molecule has 9 heteroatoms. The number of ether oxygens (including phenoxy) is 1. The van der Waals surface area contributed by atoms with Crippen molar-refractivity contribution in [2.24, 2.45) is 0 Å². The average Bonchev–Trinajstić information content (AvgIpc) is 2.65. The van der Waals surface area contributed by atoms with Gasteiger partial charge in [0.05, 0.1) is 17.3 Å². The molecule has 1 saturated heterocycles. The summed E-state index contributed by atoms with van der Waals surface area (Å²) in [6.07, 6.45) is 1.22. The van der Waals surface area contributed by atoms with E-state index >= 15 is 0 Å². The molecule has 0 unspecified atom stereocenters. The molecule has 1 aliphatic heterocycles. The highest BCUT2D eigenvalue weighted by Gasteiger charge is 2.22. The first-order valence-corrected chi connectivity index (χ1v) is 9.03. The zero-order valence-electron chi connectivity index (χ0n) is 14.3. The maximum atomic E-state index is 11.8. The lowest BCUT2D eigenvalue weighted by atomic mass is 10.3. The number of nitrogens with one attached hydrogen (secondary N) is 1. The Kier molecular flexibility index (Phi) is 6.00.